The lowest BCUT2D eigenvalue weighted by Crippen LogP contribution is -2.06. The Balaban J connectivity index is 2.38. The summed E-state index contributed by atoms with van der Waals surface area (Å²) in [5, 5.41) is 14.6. The third kappa shape index (κ3) is 1.37. The lowest BCUT2D eigenvalue weighted by atomic mass is 10.1. The Morgan fingerprint density at radius 2 is 2.57 bits per heavy atom. The van der Waals surface area contributed by atoms with Crippen LogP contribution in [0, 0.1) is 10.1 Å². The molecule has 6 heteroatoms. The molecule has 14 heavy (non-hydrogen) atoms. The van der Waals surface area contributed by atoms with E-state index >= 15 is 0 Å². The van der Waals surface area contributed by atoms with Crippen LogP contribution in [-0.2, 0) is 11.8 Å². The van der Waals surface area contributed by atoms with Gasteiger partial charge in [-0.1, -0.05) is 0 Å². The fourth-order valence-electron chi connectivity index (χ4n) is 1.74. The topological polar surface area (TPSA) is 70.2 Å². The normalized spacial score (nSPS) is 21.4. The quantitative estimate of drug-likeness (QED) is 0.527. The SMILES string of the molecule is Cn1ncc([N+](=O)[O-])c1C1CCCO1. The molecule has 1 fully saturated rings. The van der Waals surface area contributed by atoms with E-state index in [2.05, 4.69) is 5.10 Å². The highest BCUT2D eigenvalue weighted by Gasteiger charge is 2.29. The molecule has 2 rings (SSSR count). The van der Waals surface area contributed by atoms with Crippen molar-refractivity contribution in [1.29, 1.82) is 0 Å². The molecule has 0 amide bonds. The van der Waals surface area contributed by atoms with E-state index in [0.717, 1.165) is 12.8 Å². The van der Waals surface area contributed by atoms with Crippen molar-refractivity contribution in [2.75, 3.05) is 6.61 Å². The first-order chi connectivity index (χ1) is 6.70. The Morgan fingerprint density at radius 1 is 1.79 bits per heavy atom. The molecule has 1 aliphatic heterocycles. The first-order valence-electron chi connectivity index (χ1n) is 4.48. The molecule has 1 aliphatic rings. The monoisotopic (exact) mass is 197 g/mol. The maximum atomic E-state index is 10.7. The highest BCUT2D eigenvalue weighted by atomic mass is 16.6. The van der Waals surface area contributed by atoms with Crippen LogP contribution >= 0.6 is 0 Å². The van der Waals surface area contributed by atoms with Crippen LogP contribution in [0.1, 0.15) is 24.6 Å². The number of ether oxygens (including phenoxy) is 1. The highest BCUT2D eigenvalue weighted by Crippen LogP contribution is 2.33. The summed E-state index contributed by atoms with van der Waals surface area (Å²) in [5.74, 6) is 0. The predicted molar refractivity (Wildman–Crippen MR) is 47.8 cm³/mol. The van der Waals surface area contributed by atoms with Crippen molar-refractivity contribution < 1.29 is 9.66 Å². The zero-order valence-electron chi connectivity index (χ0n) is 7.84. The Bertz CT molecular complexity index is 355. The molecule has 0 spiro atoms. The zero-order chi connectivity index (χ0) is 10.1. The smallest absolute Gasteiger partial charge is 0.312 e. The zero-order valence-corrected chi connectivity index (χ0v) is 7.84. The Hall–Kier alpha value is -1.43. The van der Waals surface area contributed by atoms with Crippen molar-refractivity contribution >= 4 is 5.69 Å². The summed E-state index contributed by atoms with van der Waals surface area (Å²) in [5.41, 5.74) is 0.631. The van der Waals surface area contributed by atoms with Gasteiger partial charge in [0.05, 0.1) is 4.92 Å². The number of rotatable bonds is 2. The molecule has 0 saturated carbocycles. The van der Waals surface area contributed by atoms with E-state index in [0.29, 0.717) is 12.3 Å². The first kappa shape index (κ1) is 9.14. The summed E-state index contributed by atoms with van der Waals surface area (Å²) in [6.45, 7) is 0.674. The molecule has 0 N–H and O–H groups in total. The molecule has 0 aromatic carbocycles. The molecule has 2 heterocycles. The summed E-state index contributed by atoms with van der Waals surface area (Å²) < 4.78 is 6.93. The van der Waals surface area contributed by atoms with E-state index < -0.39 is 4.92 Å². The van der Waals surface area contributed by atoms with E-state index in [-0.39, 0.29) is 11.8 Å². The fourth-order valence-corrected chi connectivity index (χ4v) is 1.74. The maximum Gasteiger partial charge on any atom is 0.312 e. The van der Waals surface area contributed by atoms with Crippen LogP contribution in [0.5, 0.6) is 0 Å². The second-order valence-electron chi connectivity index (χ2n) is 3.30. The van der Waals surface area contributed by atoms with Gasteiger partial charge in [-0.3, -0.25) is 14.8 Å². The van der Waals surface area contributed by atoms with Crippen molar-refractivity contribution in [3.63, 3.8) is 0 Å². The lowest BCUT2D eigenvalue weighted by molar-refractivity contribution is -0.386. The fraction of sp³-hybridized carbons (Fsp3) is 0.625. The average molecular weight is 197 g/mol. The van der Waals surface area contributed by atoms with Gasteiger partial charge in [0.1, 0.15) is 18.0 Å². The first-order valence-corrected chi connectivity index (χ1v) is 4.48. The summed E-state index contributed by atoms with van der Waals surface area (Å²) in [7, 11) is 1.70. The molecule has 0 aliphatic carbocycles. The molecule has 1 aromatic heterocycles. The molecule has 0 bridgehead atoms. The van der Waals surface area contributed by atoms with Crippen LogP contribution in [0.3, 0.4) is 0 Å². The average Bonchev–Trinajstić information content (AvgIpc) is 2.71. The van der Waals surface area contributed by atoms with Crippen LogP contribution in [0.2, 0.25) is 0 Å². The number of aryl methyl sites for hydroxylation is 1. The second-order valence-corrected chi connectivity index (χ2v) is 3.30. The summed E-state index contributed by atoms with van der Waals surface area (Å²) >= 11 is 0. The van der Waals surface area contributed by atoms with Crippen LogP contribution in [0.15, 0.2) is 6.20 Å². The molecular formula is C8H11N3O3. The van der Waals surface area contributed by atoms with Crippen molar-refractivity contribution in [2.24, 2.45) is 7.05 Å². The third-order valence-corrected chi connectivity index (χ3v) is 2.40. The minimum absolute atomic E-state index is 0.0550. The van der Waals surface area contributed by atoms with E-state index in [1.165, 1.54) is 10.9 Å². The number of hydrogen-bond donors (Lipinski definition) is 0. The molecule has 1 saturated heterocycles. The number of hydrogen-bond acceptors (Lipinski definition) is 4. The van der Waals surface area contributed by atoms with Gasteiger partial charge in [0.2, 0.25) is 0 Å². The Labute approximate surface area is 80.6 Å². The van der Waals surface area contributed by atoms with Gasteiger partial charge < -0.3 is 4.74 Å². The molecule has 1 aromatic rings. The molecular weight excluding hydrogens is 186 g/mol. The van der Waals surface area contributed by atoms with Gasteiger partial charge in [0.15, 0.2) is 0 Å². The lowest BCUT2D eigenvalue weighted by Gasteiger charge is -2.08. The van der Waals surface area contributed by atoms with E-state index in [4.69, 9.17) is 4.74 Å². The van der Waals surface area contributed by atoms with E-state index in [1.807, 2.05) is 0 Å². The van der Waals surface area contributed by atoms with Crippen molar-refractivity contribution in [3.05, 3.63) is 22.0 Å². The Morgan fingerprint density at radius 3 is 3.14 bits per heavy atom. The summed E-state index contributed by atoms with van der Waals surface area (Å²) in [6, 6.07) is 0. The number of nitrogens with zero attached hydrogens (tertiary/aromatic N) is 3. The van der Waals surface area contributed by atoms with Gasteiger partial charge in [-0.15, -0.1) is 0 Å². The summed E-state index contributed by atoms with van der Waals surface area (Å²) in [6.07, 6.45) is 2.90. The second kappa shape index (κ2) is 3.38. The van der Waals surface area contributed by atoms with Crippen LogP contribution < -0.4 is 0 Å². The third-order valence-electron chi connectivity index (χ3n) is 2.40. The highest BCUT2D eigenvalue weighted by molar-refractivity contribution is 5.34. The van der Waals surface area contributed by atoms with Crippen LogP contribution in [0.25, 0.3) is 0 Å². The van der Waals surface area contributed by atoms with Crippen molar-refractivity contribution in [1.82, 2.24) is 9.78 Å². The largest absolute Gasteiger partial charge is 0.372 e. The van der Waals surface area contributed by atoms with Gasteiger partial charge >= 0.3 is 5.69 Å². The van der Waals surface area contributed by atoms with Crippen molar-refractivity contribution in [3.8, 4) is 0 Å². The van der Waals surface area contributed by atoms with Crippen LogP contribution in [-0.4, -0.2) is 21.3 Å². The molecule has 1 atom stereocenters. The van der Waals surface area contributed by atoms with Gasteiger partial charge in [0, 0.05) is 13.7 Å². The van der Waals surface area contributed by atoms with E-state index in [1.54, 1.807) is 7.05 Å². The van der Waals surface area contributed by atoms with Gasteiger partial charge in [-0.25, -0.2) is 0 Å². The minimum atomic E-state index is -0.413. The maximum absolute atomic E-state index is 10.7. The van der Waals surface area contributed by atoms with Gasteiger partial charge in [-0.05, 0) is 12.8 Å². The minimum Gasteiger partial charge on any atom is -0.372 e. The van der Waals surface area contributed by atoms with Gasteiger partial charge in [-0.2, -0.15) is 5.10 Å². The van der Waals surface area contributed by atoms with Crippen molar-refractivity contribution in [2.45, 2.75) is 18.9 Å². The Kier molecular flexibility index (Phi) is 2.20. The number of aromatic nitrogens is 2. The molecule has 1 unspecified atom stereocenters. The van der Waals surface area contributed by atoms with Crippen LogP contribution in [0.4, 0.5) is 5.69 Å². The van der Waals surface area contributed by atoms with E-state index in [9.17, 15) is 10.1 Å². The molecule has 6 nitrogen and oxygen atoms in total. The van der Waals surface area contributed by atoms with Gasteiger partial charge in [0.25, 0.3) is 0 Å². The summed E-state index contributed by atoms with van der Waals surface area (Å²) in [4.78, 5) is 10.3. The predicted octanol–water partition coefficient (Wildman–Crippen LogP) is 1.18. The number of nitro groups is 1. The molecule has 76 valence electrons. The standard InChI is InChI=1S/C8H11N3O3/c1-10-8(7-3-2-4-14-7)6(5-9-10)11(12)13/h5,7H,2-4H2,1H3. The molecule has 0 radical (unpaired) electrons.